The van der Waals surface area contributed by atoms with E-state index in [0.717, 1.165) is 5.56 Å². The second-order valence-electron chi connectivity index (χ2n) is 4.50. The molecule has 5 nitrogen and oxygen atoms in total. The maximum atomic E-state index is 12.3. The van der Waals surface area contributed by atoms with Crippen molar-refractivity contribution in [3.8, 4) is 5.75 Å². The summed E-state index contributed by atoms with van der Waals surface area (Å²) in [6.07, 6.45) is -0.116. The standard InChI is InChI=1S/C13H18N2O3/c1-9-2-3-12(16)11(6-9)13(17)15-4-5-18-10(7-14)8-15/h2-3,6,10,16H,4-5,7-8,14H2,1H3. The highest BCUT2D eigenvalue weighted by molar-refractivity contribution is 5.97. The predicted molar refractivity (Wildman–Crippen MR) is 67.5 cm³/mol. The first-order valence-corrected chi connectivity index (χ1v) is 6.02. The van der Waals surface area contributed by atoms with Gasteiger partial charge in [0.1, 0.15) is 5.75 Å². The summed E-state index contributed by atoms with van der Waals surface area (Å²) in [7, 11) is 0. The molecule has 0 bridgehead atoms. The van der Waals surface area contributed by atoms with E-state index in [4.69, 9.17) is 10.5 Å². The van der Waals surface area contributed by atoms with Crippen molar-refractivity contribution in [1.82, 2.24) is 4.90 Å². The molecule has 1 aliphatic heterocycles. The van der Waals surface area contributed by atoms with Crippen molar-refractivity contribution >= 4 is 5.91 Å². The van der Waals surface area contributed by atoms with Gasteiger partial charge in [0.25, 0.3) is 5.91 Å². The lowest BCUT2D eigenvalue weighted by Gasteiger charge is -2.32. The molecule has 0 spiro atoms. The SMILES string of the molecule is Cc1ccc(O)c(C(=O)N2CCOC(CN)C2)c1. The summed E-state index contributed by atoms with van der Waals surface area (Å²) in [6.45, 7) is 3.77. The number of carbonyl (C=O) groups is 1. The molecule has 3 N–H and O–H groups in total. The van der Waals surface area contributed by atoms with Gasteiger partial charge in [0.05, 0.1) is 18.3 Å². The van der Waals surface area contributed by atoms with Gasteiger partial charge < -0.3 is 20.5 Å². The maximum absolute atomic E-state index is 12.3. The van der Waals surface area contributed by atoms with Crippen LogP contribution in [-0.2, 0) is 4.74 Å². The molecule has 5 heteroatoms. The molecule has 1 aromatic carbocycles. The molecule has 1 aliphatic rings. The molecule has 0 aromatic heterocycles. The third-order valence-electron chi connectivity index (χ3n) is 3.07. The Kier molecular flexibility index (Phi) is 3.84. The number of aryl methyl sites for hydroxylation is 1. The first kappa shape index (κ1) is 12.9. The summed E-state index contributed by atoms with van der Waals surface area (Å²) >= 11 is 0. The Labute approximate surface area is 106 Å². The zero-order valence-corrected chi connectivity index (χ0v) is 10.4. The number of phenols is 1. The second-order valence-corrected chi connectivity index (χ2v) is 4.50. The van der Waals surface area contributed by atoms with Gasteiger partial charge in [-0.25, -0.2) is 0 Å². The van der Waals surface area contributed by atoms with E-state index in [1.54, 1.807) is 23.1 Å². The van der Waals surface area contributed by atoms with Crippen molar-refractivity contribution in [2.45, 2.75) is 13.0 Å². The summed E-state index contributed by atoms with van der Waals surface area (Å²) in [5.41, 5.74) is 6.83. The average molecular weight is 250 g/mol. The zero-order valence-electron chi connectivity index (χ0n) is 10.4. The first-order chi connectivity index (χ1) is 8.61. The number of benzene rings is 1. The van der Waals surface area contributed by atoms with Crippen LogP contribution >= 0.6 is 0 Å². The highest BCUT2D eigenvalue weighted by Crippen LogP contribution is 2.21. The molecule has 1 unspecified atom stereocenters. The number of phenolic OH excluding ortho intramolecular Hbond substituents is 1. The van der Waals surface area contributed by atoms with Gasteiger partial charge in [-0.3, -0.25) is 4.79 Å². The molecule has 98 valence electrons. The Morgan fingerprint density at radius 3 is 3.11 bits per heavy atom. The van der Waals surface area contributed by atoms with Gasteiger partial charge >= 0.3 is 0 Å². The van der Waals surface area contributed by atoms with E-state index in [9.17, 15) is 9.90 Å². The number of hydrogen-bond acceptors (Lipinski definition) is 4. The number of aromatic hydroxyl groups is 1. The third kappa shape index (κ3) is 2.63. The van der Waals surface area contributed by atoms with Gasteiger partial charge in [-0.15, -0.1) is 0 Å². The summed E-state index contributed by atoms with van der Waals surface area (Å²) in [5, 5.41) is 9.76. The highest BCUT2D eigenvalue weighted by Gasteiger charge is 2.25. The van der Waals surface area contributed by atoms with Crippen LogP contribution in [0, 0.1) is 6.92 Å². The van der Waals surface area contributed by atoms with Crippen LogP contribution in [-0.4, -0.2) is 48.3 Å². The van der Waals surface area contributed by atoms with E-state index < -0.39 is 0 Å². The molecule has 1 atom stereocenters. The Morgan fingerprint density at radius 1 is 1.61 bits per heavy atom. The van der Waals surface area contributed by atoms with Crippen molar-refractivity contribution in [2.24, 2.45) is 5.73 Å². The van der Waals surface area contributed by atoms with Crippen LogP contribution in [0.5, 0.6) is 5.75 Å². The van der Waals surface area contributed by atoms with Crippen molar-refractivity contribution < 1.29 is 14.6 Å². The summed E-state index contributed by atoms with van der Waals surface area (Å²) in [5.74, 6) is -0.153. The maximum Gasteiger partial charge on any atom is 0.257 e. The van der Waals surface area contributed by atoms with Gasteiger partial charge in [-0.2, -0.15) is 0 Å². The molecular weight excluding hydrogens is 232 g/mol. The molecule has 2 rings (SSSR count). The minimum absolute atomic E-state index is 0.0152. The Morgan fingerprint density at radius 2 is 2.39 bits per heavy atom. The minimum atomic E-state index is -0.169. The van der Waals surface area contributed by atoms with Gasteiger partial charge in [0.15, 0.2) is 0 Å². The summed E-state index contributed by atoms with van der Waals surface area (Å²) in [6, 6.07) is 5.02. The molecule has 1 fully saturated rings. The fourth-order valence-corrected chi connectivity index (χ4v) is 2.04. The molecule has 0 radical (unpaired) electrons. The van der Waals surface area contributed by atoms with Crippen LogP contribution in [0.1, 0.15) is 15.9 Å². The number of nitrogens with zero attached hydrogens (tertiary/aromatic N) is 1. The van der Waals surface area contributed by atoms with Crippen LogP contribution in [0.2, 0.25) is 0 Å². The predicted octanol–water partition coefficient (Wildman–Crippen LogP) is 0.500. The number of carbonyl (C=O) groups excluding carboxylic acids is 1. The van der Waals surface area contributed by atoms with E-state index in [1.165, 1.54) is 0 Å². The number of rotatable bonds is 2. The van der Waals surface area contributed by atoms with E-state index >= 15 is 0 Å². The number of morpholine rings is 1. The normalized spacial score (nSPS) is 19.9. The van der Waals surface area contributed by atoms with Crippen LogP contribution < -0.4 is 5.73 Å². The first-order valence-electron chi connectivity index (χ1n) is 6.02. The van der Waals surface area contributed by atoms with Gasteiger partial charge in [0, 0.05) is 19.6 Å². The van der Waals surface area contributed by atoms with Crippen molar-refractivity contribution in [3.63, 3.8) is 0 Å². The molecule has 1 saturated heterocycles. The highest BCUT2D eigenvalue weighted by atomic mass is 16.5. The number of hydrogen-bond donors (Lipinski definition) is 2. The number of ether oxygens (including phenoxy) is 1. The van der Waals surface area contributed by atoms with Crippen LogP contribution in [0.3, 0.4) is 0 Å². The quantitative estimate of drug-likeness (QED) is 0.801. The molecule has 0 aliphatic carbocycles. The topological polar surface area (TPSA) is 75.8 Å². The molecule has 0 saturated carbocycles. The number of nitrogens with two attached hydrogens (primary N) is 1. The number of amides is 1. The van der Waals surface area contributed by atoms with Crippen molar-refractivity contribution in [2.75, 3.05) is 26.2 Å². The monoisotopic (exact) mass is 250 g/mol. The fourth-order valence-electron chi connectivity index (χ4n) is 2.04. The summed E-state index contributed by atoms with van der Waals surface area (Å²) < 4.78 is 5.42. The van der Waals surface area contributed by atoms with Crippen LogP contribution in [0.25, 0.3) is 0 Å². The zero-order chi connectivity index (χ0) is 13.1. The molecule has 1 heterocycles. The lowest BCUT2D eigenvalue weighted by atomic mass is 10.1. The molecule has 1 aromatic rings. The lowest BCUT2D eigenvalue weighted by molar-refractivity contribution is -0.0168. The molecule has 18 heavy (non-hydrogen) atoms. The smallest absolute Gasteiger partial charge is 0.257 e. The van der Waals surface area contributed by atoms with E-state index in [2.05, 4.69) is 0 Å². The van der Waals surface area contributed by atoms with Gasteiger partial charge in [0.2, 0.25) is 0 Å². The van der Waals surface area contributed by atoms with Gasteiger partial charge in [-0.1, -0.05) is 11.6 Å². The van der Waals surface area contributed by atoms with Gasteiger partial charge in [-0.05, 0) is 19.1 Å². The Bertz CT molecular complexity index is 448. The fraction of sp³-hybridized carbons (Fsp3) is 0.462. The van der Waals surface area contributed by atoms with E-state index in [-0.39, 0.29) is 17.8 Å². The largest absolute Gasteiger partial charge is 0.507 e. The van der Waals surface area contributed by atoms with E-state index in [1.807, 2.05) is 6.92 Å². The lowest BCUT2D eigenvalue weighted by Crippen LogP contribution is -2.48. The average Bonchev–Trinajstić information content (AvgIpc) is 2.41. The molecule has 1 amide bonds. The minimum Gasteiger partial charge on any atom is -0.507 e. The third-order valence-corrected chi connectivity index (χ3v) is 3.07. The van der Waals surface area contributed by atoms with Crippen molar-refractivity contribution in [1.29, 1.82) is 0 Å². The van der Waals surface area contributed by atoms with Crippen LogP contribution in [0.15, 0.2) is 18.2 Å². The second kappa shape index (κ2) is 5.37. The van der Waals surface area contributed by atoms with E-state index in [0.29, 0.717) is 31.8 Å². The molecular formula is C13H18N2O3. The van der Waals surface area contributed by atoms with Crippen molar-refractivity contribution in [3.05, 3.63) is 29.3 Å². The summed E-state index contributed by atoms with van der Waals surface area (Å²) in [4.78, 5) is 14.0. The van der Waals surface area contributed by atoms with Crippen LogP contribution in [0.4, 0.5) is 0 Å². The Hall–Kier alpha value is -1.59. The Balaban J connectivity index is 2.17.